The van der Waals surface area contributed by atoms with Gasteiger partial charge in [0, 0.05) is 0 Å². The topological polar surface area (TPSA) is 259 Å². The SMILES string of the molecule is CONc1ncnc2c1ncn2Cc1ccccc1.CONc1ncnc2c1ncn2Cc1ccccc1.CONc1ncnc2c1ncn2Cc1ccccc1.CONc1ncnc2c1ncn2Cc1ccccc1.F[P-](F)(F)(F)(F)F.F[P-](F)(F)(F)(F)F.[Cd+2]. The van der Waals surface area contributed by atoms with Gasteiger partial charge in [0.2, 0.25) is 0 Å². The molecule has 0 bridgehead atoms. The van der Waals surface area contributed by atoms with Crippen LogP contribution in [0.15, 0.2) is 172 Å². The fourth-order valence-electron chi connectivity index (χ4n) is 7.79. The molecular weight excluding hydrogens is 1370 g/mol. The monoisotopic (exact) mass is 1420 g/mol. The Bertz CT molecular complexity index is 3700. The van der Waals surface area contributed by atoms with E-state index in [1.807, 2.05) is 91.1 Å². The van der Waals surface area contributed by atoms with Crippen molar-refractivity contribution < 1.29 is 97.0 Å². The summed E-state index contributed by atoms with van der Waals surface area (Å²) < 4.78 is 126. The Kier molecular flexibility index (Phi) is 22.9. The van der Waals surface area contributed by atoms with E-state index < -0.39 is 15.6 Å². The van der Waals surface area contributed by atoms with Crippen molar-refractivity contribution in [1.29, 1.82) is 0 Å². The Morgan fingerprint density at radius 2 is 0.473 bits per heavy atom. The van der Waals surface area contributed by atoms with Crippen LogP contribution in [0, 0.1) is 0 Å². The summed E-state index contributed by atoms with van der Waals surface area (Å²) in [6.45, 7) is 2.89. The van der Waals surface area contributed by atoms with Gasteiger partial charge in [-0.1, -0.05) is 121 Å². The number of hydrogen-bond donors (Lipinski definition) is 4. The van der Waals surface area contributed by atoms with Crippen LogP contribution in [0.1, 0.15) is 22.3 Å². The molecule has 4 N–H and O–H groups in total. The minimum Gasteiger partial charge on any atom is 2.00 e. The molecule has 0 saturated heterocycles. The van der Waals surface area contributed by atoms with E-state index in [4.69, 9.17) is 19.4 Å². The first kappa shape index (κ1) is 71.1. The number of anilines is 4. The molecule has 0 aliphatic rings. The van der Waals surface area contributed by atoms with E-state index in [0.29, 0.717) is 45.3 Å². The fourth-order valence-corrected chi connectivity index (χ4v) is 7.79. The van der Waals surface area contributed by atoms with Gasteiger partial charge in [0.15, 0.2) is 67.9 Å². The van der Waals surface area contributed by atoms with Crippen molar-refractivity contribution in [2.24, 2.45) is 0 Å². The van der Waals surface area contributed by atoms with Crippen LogP contribution in [0.25, 0.3) is 44.7 Å². The maximum atomic E-state index is 9.87. The summed E-state index contributed by atoms with van der Waals surface area (Å²) in [5, 5.41) is 0. The summed E-state index contributed by atoms with van der Waals surface area (Å²) in [5.41, 5.74) is 21.5. The minimum atomic E-state index is -10.7. The van der Waals surface area contributed by atoms with Crippen LogP contribution in [-0.4, -0.2) is 107 Å². The van der Waals surface area contributed by atoms with E-state index in [9.17, 15) is 50.4 Å². The Morgan fingerprint density at radius 3 is 0.637 bits per heavy atom. The number of nitrogens with one attached hydrogen (secondary N) is 4. The molecule has 0 fully saturated rings. The van der Waals surface area contributed by atoms with Crippen LogP contribution in [0.2, 0.25) is 0 Å². The van der Waals surface area contributed by atoms with E-state index in [1.54, 1.807) is 25.3 Å². The van der Waals surface area contributed by atoms with Crippen molar-refractivity contribution in [1.82, 2.24) is 78.1 Å². The molecule has 39 heteroatoms. The number of hydrogen-bond acceptors (Lipinski definition) is 20. The molecule has 12 rings (SSSR count). The van der Waals surface area contributed by atoms with Gasteiger partial charge in [-0.25, -0.2) is 81.7 Å². The van der Waals surface area contributed by atoms with Gasteiger partial charge in [-0.05, 0) is 22.3 Å². The molecular formula is C52H52CdF12N20O4P2. The van der Waals surface area contributed by atoms with Crippen molar-refractivity contribution >= 4 is 83.5 Å². The predicted octanol–water partition coefficient (Wildman–Crippen LogP) is 14.2. The second kappa shape index (κ2) is 29.3. The number of halogens is 12. The quantitative estimate of drug-likeness (QED) is 0.0303. The van der Waals surface area contributed by atoms with Crippen LogP contribution in [0.4, 0.5) is 73.6 Å². The molecule has 91 heavy (non-hydrogen) atoms. The Hall–Kier alpha value is -8.94. The molecule has 4 aromatic carbocycles. The van der Waals surface area contributed by atoms with Gasteiger partial charge in [-0.15, -0.1) is 0 Å². The summed E-state index contributed by atoms with van der Waals surface area (Å²) in [7, 11) is -15.2. The number of benzene rings is 4. The molecule has 0 atom stereocenters. The van der Waals surface area contributed by atoms with Crippen LogP contribution >= 0.6 is 15.6 Å². The first-order valence-electron chi connectivity index (χ1n) is 25.5. The van der Waals surface area contributed by atoms with Crippen molar-refractivity contribution in [3.63, 3.8) is 0 Å². The van der Waals surface area contributed by atoms with Crippen molar-refractivity contribution in [3.8, 4) is 0 Å². The Morgan fingerprint density at radius 1 is 0.297 bits per heavy atom. The standard InChI is InChI=1S/4C13H13N5O.Cd.2F6P/c4*1-19-17-12-11-13(15-8-14-12)18(9-16-11)7-10-5-3-2-4-6-10;;2*1-7(2,3,4,5)6/h4*2-6,8-9H,7H2,1H3,(H,14,15,17);;;/q;;;;+2;2*-1. The minimum absolute atomic E-state index is 0. The molecule has 12 aromatic rings. The molecule has 480 valence electrons. The van der Waals surface area contributed by atoms with Gasteiger partial charge in [0.05, 0.1) is 79.9 Å². The van der Waals surface area contributed by atoms with Crippen LogP contribution in [-0.2, 0) is 72.8 Å². The first-order valence-corrected chi connectivity index (χ1v) is 29.6. The van der Waals surface area contributed by atoms with Crippen LogP contribution in [0.5, 0.6) is 0 Å². The molecule has 0 spiro atoms. The zero-order valence-corrected chi connectivity index (χ0v) is 53.7. The molecule has 0 amide bonds. The number of fused-ring (bicyclic) bond motifs is 4. The normalized spacial score (nSPS) is 12.6. The van der Waals surface area contributed by atoms with Crippen LogP contribution < -0.4 is 21.9 Å². The molecule has 0 unspecified atom stereocenters. The molecule has 0 aliphatic carbocycles. The molecule has 0 aliphatic heterocycles. The third-order valence-corrected chi connectivity index (χ3v) is 11.2. The fraction of sp³-hybridized carbons (Fsp3) is 0.154. The number of aromatic nitrogens is 16. The average molecular weight is 1420 g/mol. The zero-order valence-electron chi connectivity index (χ0n) is 47.9. The Balaban J connectivity index is 0.000000180. The second-order valence-corrected chi connectivity index (χ2v) is 22.0. The first-order chi connectivity index (χ1) is 42.4. The van der Waals surface area contributed by atoms with Crippen molar-refractivity contribution in [2.45, 2.75) is 26.2 Å². The van der Waals surface area contributed by atoms with Gasteiger partial charge >= 0.3 is 93.3 Å². The van der Waals surface area contributed by atoms with E-state index in [1.165, 1.54) is 76.0 Å². The third kappa shape index (κ3) is 24.8. The molecule has 8 heterocycles. The summed E-state index contributed by atoms with van der Waals surface area (Å²) in [6, 6.07) is 40.7. The second-order valence-electron chi connectivity index (χ2n) is 18.2. The third-order valence-electron chi connectivity index (χ3n) is 11.2. The summed E-state index contributed by atoms with van der Waals surface area (Å²) in [5.74, 6) is 2.28. The molecule has 0 saturated carbocycles. The van der Waals surface area contributed by atoms with E-state index in [0.717, 1.165) is 48.8 Å². The van der Waals surface area contributed by atoms with Gasteiger partial charge in [-0.2, -0.15) is 0 Å². The largest absolute Gasteiger partial charge is 2.00 e. The van der Waals surface area contributed by atoms with Crippen molar-refractivity contribution in [3.05, 3.63) is 194 Å². The van der Waals surface area contributed by atoms with Crippen LogP contribution in [0.3, 0.4) is 0 Å². The van der Waals surface area contributed by atoms with Gasteiger partial charge in [0.25, 0.3) is 0 Å². The van der Waals surface area contributed by atoms with E-state index in [2.05, 4.69) is 130 Å². The maximum absolute atomic E-state index is 10.7. The van der Waals surface area contributed by atoms with E-state index >= 15 is 0 Å². The van der Waals surface area contributed by atoms with Gasteiger partial charge in [-0.3, -0.25) is 19.4 Å². The number of rotatable bonds is 16. The molecule has 8 aromatic heterocycles. The summed E-state index contributed by atoms with van der Waals surface area (Å²) in [6.07, 6.45) is 13.0. The summed E-state index contributed by atoms with van der Waals surface area (Å²) >= 11 is 0. The number of nitrogens with zero attached hydrogens (tertiary/aromatic N) is 16. The van der Waals surface area contributed by atoms with Crippen molar-refractivity contribution in [2.75, 3.05) is 50.4 Å². The number of imidazole rings is 4. The zero-order chi connectivity index (χ0) is 65.1. The average Bonchev–Trinajstić information content (AvgIpc) is 1.90. The smallest absolute Gasteiger partial charge is 2.00 e. The van der Waals surface area contributed by atoms with Gasteiger partial charge < -0.3 is 18.3 Å². The molecule has 0 radical (unpaired) electrons. The van der Waals surface area contributed by atoms with E-state index in [-0.39, 0.29) is 27.3 Å². The maximum Gasteiger partial charge on any atom is 2.00 e. The van der Waals surface area contributed by atoms with Gasteiger partial charge in [0.1, 0.15) is 25.3 Å². The summed E-state index contributed by atoms with van der Waals surface area (Å²) in [4.78, 5) is 70.3. The predicted molar refractivity (Wildman–Crippen MR) is 313 cm³/mol. The Labute approximate surface area is 527 Å². The molecule has 24 nitrogen and oxygen atoms in total.